The molecule has 0 spiro atoms. The van der Waals surface area contributed by atoms with Crippen molar-refractivity contribution in [2.45, 2.75) is 13.5 Å². The van der Waals surface area contributed by atoms with E-state index in [4.69, 9.17) is 0 Å². The summed E-state index contributed by atoms with van der Waals surface area (Å²) in [6.07, 6.45) is 3.48. The smallest absolute Gasteiger partial charge is 0.254 e. The number of rotatable bonds is 3. The maximum absolute atomic E-state index is 12.5. The Kier molecular flexibility index (Phi) is 3.44. The van der Waals surface area contributed by atoms with Crippen molar-refractivity contribution in [2.24, 2.45) is 7.05 Å². The molecule has 0 fully saturated rings. The van der Waals surface area contributed by atoms with Crippen molar-refractivity contribution >= 4 is 16.8 Å². The largest absolute Gasteiger partial charge is 0.348 e. The second-order valence-electron chi connectivity index (χ2n) is 5.08. The highest BCUT2D eigenvalue weighted by molar-refractivity contribution is 6.08. The van der Waals surface area contributed by atoms with Gasteiger partial charge in [0, 0.05) is 42.6 Å². The molecule has 3 aromatic rings. The van der Waals surface area contributed by atoms with E-state index in [0.717, 1.165) is 27.7 Å². The van der Waals surface area contributed by atoms with Gasteiger partial charge in [-0.2, -0.15) is 0 Å². The molecule has 0 aliphatic heterocycles. The summed E-state index contributed by atoms with van der Waals surface area (Å²) in [6.45, 7) is 2.45. The lowest BCUT2D eigenvalue weighted by molar-refractivity contribution is 0.0951. The third-order valence-electron chi connectivity index (χ3n) is 3.80. The molecule has 4 heteroatoms. The molecule has 1 N–H and O–H groups in total. The molecule has 0 aliphatic carbocycles. The zero-order valence-electron chi connectivity index (χ0n) is 12.1. The predicted octanol–water partition coefficient (Wildman–Crippen LogP) is 2.81. The topological polar surface area (TPSA) is 46.9 Å². The van der Waals surface area contributed by atoms with Crippen LogP contribution in [0, 0.1) is 6.92 Å². The van der Waals surface area contributed by atoms with Crippen molar-refractivity contribution in [3.05, 3.63) is 65.6 Å². The van der Waals surface area contributed by atoms with E-state index in [0.29, 0.717) is 6.54 Å². The maximum atomic E-state index is 12.5. The Morgan fingerprint density at radius 2 is 2.05 bits per heavy atom. The summed E-state index contributed by atoms with van der Waals surface area (Å²) >= 11 is 0. The Balaban J connectivity index is 1.90. The van der Waals surface area contributed by atoms with Gasteiger partial charge >= 0.3 is 0 Å². The van der Waals surface area contributed by atoms with Crippen LogP contribution in [-0.2, 0) is 13.6 Å². The average Bonchev–Trinajstić information content (AvgIpc) is 2.78. The molecule has 0 atom stereocenters. The quantitative estimate of drug-likeness (QED) is 0.801. The molecule has 4 nitrogen and oxygen atoms in total. The summed E-state index contributed by atoms with van der Waals surface area (Å²) in [6, 6.07) is 11.8. The predicted molar refractivity (Wildman–Crippen MR) is 83.1 cm³/mol. The lowest BCUT2D eigenvalue weighted by Gasteiger charge is -2.05. The van der Waals surface area contributed by atoms with Crippen LogP contribution < -0.4 is 5.32 Å². The van der Waals surface area contributed by atoms with E-state index in [2.05, 4.69) is 10.3 Å². The number of aryl methyl sites for hydroxylation is 1. The molecule has 0 aliphatic rings. The van der Waals surface area contributed by atoms with Crippen LogP contribution in [0.1, 0.15) is 21.6 Å². The number of amides is 1. The van der Waals surface area contributed by atoms with Crippen LogP contribution in [0.25, 0.3) is 10.9 Å². The van der Waals surface area contributed by atoms with Gasteiger partial charge in [0.25, 0.3) is 5.91 Å². The van der Waals surface area contributed by atoms with Gasteiger partial charge in [-0.1, -0.05) is 24.3 Å². The van der Waals surface area contributed by atoms with Gasteiger partial charge in [-0.3, -0.25) is 9.78 Å². The molecule has 0 bridgehead atoms. The first-order valence-electron chi connectivity index (χ1n) is 6.89. The second kappa shape index (κ2) is 5.40. The van der Waals surface area contributed by atoms with Crippen molar-refractivity contribution in [3.63, 3.8) is 0 Å². The first-order chi connectivity index (χ1) is 10.2. The van der Waals surface area contributed by atoms with Gasteiger partial charge < -0.3 is 9.88 Å². The van der Waals surface area contributed by atoms with Crippen LogP contribution in [0.15, 0.2) is 48.8 Å². The fraction of sp³-hybridized carbons (Fsp3) is 0.176. The number of aromatic nitrogens is 2. The summed E-state index contributed by atoms with van der Waals surface area (Å²) in [5.74, 6) is -0.0480. The molecule has 2 aromatic heterocycles. The minimum Gasteiger partial charge on any atom is -0.348 e. The van der Waals surface area contributed by atoms with Crippen molar-refractivity contribution in [3.8, 4) is 0 Å². The maximum Gasteiger partial charge on any atom is 0.254 e. The van der Waals surface area contributed by atoms with Crippen molar-refractivity contribution < 1.29 is 4.79 Å². The number of nitrogens with zero attached hydrogens (tertiary/aromatic N) is 2. The van der Waals surface area contributed by atoms with E-state index in [1.54, 1.807) is 12.4 Å². The van der Waals surface area contributed by atoms with Gasteiger partial charge in [0.2, 0.25) is 0 Å². The Hall–Kier alpha value is -2.62. The Morgan fingerprint density at radius 3 is 2.81 bits per heavy atom. The molecule has 1 amide bonds. The summed E-state index contributed by atoms with van der Waals surface area (Å²) < 4.78 is 2.05. The fourth-order valence-corrected chi connectivity index (χ4v) is 2.58. The molecule has 1 aromatic carbocycles. The molecule has 0 radical (unpaired) electrons. The molecule has 0 saturated heterocycles. The number of nitrogens with one attached hydrogen (secondary N) is 1. The van der Waals surface area contributed by atoms with E-state index in [1.165, 1.54) is 0 Å². The third-order valence-corrected chi connectivity index (χ3v) is 3.80. The number of hydrogen-bond donors (Lipinski definition) is 1. The van der Waals surface area contributed by atoms with Crippen LogP contribution in [0.2, 0.25) is 0 Å². The number of carbonyl (C=O) groups is 1. The van der Waals surface area contributed by atoms with Gasteiger partial charge in [0.05, 0.1) is 5.56 Å². The zero-order valence-corrected chi connectivity index (χ0v) is 12.1. The molecule has 0 unspecified atom stereocenters. The number of hydrogen-bond acceptors (Lipinski definition) is 2. The normalized spacial score (nSPS) is 10.8. The highest BCUT2D eigenvalue weighted by Gasteiger charge is 2.17. The summed E-state index contributed by atoms with van der Waals surface area (Å²) in [7, 11) is 1.98. The van der Waals surface area contributed by atoms with Crippen molar-refractivity contribution in [1.82, 2.24) is 14.9 Å². The summed E-state index contributed by atoms with van der Waals surface area (Å²) in [5, 5.41) is 3.96. The van der Waals surface area contributed by atoms with Crippen molar-refractivity contribution in [2.75, 3.05) is 0 Å². The van der Waals surface area contributed by atoms with E-state index in [1.807, 2.05) is 54.9 Å². The highest BCUT2D eigenvalue weighted by Crippen LogP contribution is 2.24. The van der Waals surface area contributed by atoms with Crippen LogP contribution in [0.4, 0.5) is 0 Å². The molecular weight excluding hydrogens is 262 g/mol. The molecule has 106 valence electrons. The first-order valence-corrected chi connectivity index (χ1v) is 6.89. The van der Waals surface area contributed by atoms with Crippen LogP contribution in [0.3, 0.4) is 0 Å². The fourth-order valence-electron chi connectivity index (χ4n) is 2.58. The molecule has 2 heterocycles. The van der Waals surface area contributed by atoms with E-state index in [9.17, 15) is 4.79 Å². The third kappa shape index (κ3) is 2.40. The number of benzene rings is 1. The minimum atomic E-state index is -0.0480. The SMILES string of the molecule is Cc1c(C(=O)NCc2cccnc2)c2ccccc2n1C. The first kappa shape index (κ1) is 13.4. The van der Waals surface area contributed by atoms with E-state index >= 15 is 0 Å². The molecule has 0 saturated carbocycles. The number of fused-ring (bicyclic) bond motifs is 1. The lowest BCUT2D eigenvalue weighted by atomic mass is 10.1. The van der Waals surface area contributed by atoms with Gasteiger partial charge in [-0.05, 0) is 24.6 Å². The minimum absolute atomic E-state index is 0.0480. The summed E-state index contributed by atoms with van der Waals surface area (Å²) in [5.41, 5.74) is 3.78. The Labute approximate surface area is 123 Å². The van der Waals surface area contributed by atoms with Crippen LogP contribution >= 0.6 is 0 Å². The zero-order chi connectivity index (χ0) is 14.8. The van der Waals surface area contributed by atoms with Crippen LogP contribution in [0.5, 0.6) is 0 Å². The van der Waals surface area contributed by atoms with E-state index in [-0.39, 0.29) is 5.91 Å². The number of pyridine rings is 1. The summed E-state index contributed by atoms with van der Waals surface area (Å²) in [4.78, 5) is 16.6. The van der Waals surface area contributed by atoms with Gasteiger partial charge in [0.1, 0.15) is 0 Å². The van der Waals surface area contributed by atoms with Gasteiger partial charge in [-0.15, -0.1) is 0 Å². The van der Waals surface area contributed by atoms with Crippen LogP contribution in [-0.4, -0.2) is 15.5 Å². The number of para-hydroxylation sites is 1. The molecule has 21 heavy (non-hydrogen) atoms. The molecule has 3 rings (SSSR count). The average molecular weight is 279 g/mol. The standard InChI is InChI=1S/C17H17N3O/c1-12-16(14-7-3-4-8-15(14)20(12)2)17(21)19-11-13-6-5-9-18-10-13/h3-10H,11H2,1-2H3,(H,19,21). The van der Waals surface area contributed by atoms with E-state index < -0.39 is 0 Å². The van der Waals surface area contributed by atoms with Gasteiger partial charge in [-0.25, -0.2) is 0 Å². The monoisotopic (exact) mass is 279 g/mol. The highest BCUT2D eigenvalue weighted by atomic mass is 16.1. The number of carbonyl (C=O) groups excluding carboxylic acids is 1. The Bertz CT molecular complexity index is 790. The lowest BCUT2D eigenvalue weighted by Crippen LogP contribution is -2.23. The second-order valence-corrected chi connectivity index (χ2v) is 5.08. The Morgan fingerprint density at radius 1 is 1.24 bits per heavy atom. The van der Waals surface area contributed by atoms with Crippen molar-refractivity contribution in [1.29, 1.82) is 0 Å². The molecular formula is C17H17N3O. The van der Waals surface area contributed by atoms with Gasteiger partial charge in [0.15, 0.2) is 0 Å².